The molecule has 18 heavy (non-hydrogen) atoms. The topological polar surface area (TPSA) is 70.1 Å². The molecule has 1 atom stereocenters. The molecule has 0 bridgehead atoms. The second-order valence-corrected chi connectivity index (χ2v) is 5.66. The second-order valence-electron chi connectivity index (χ2n) is 5.66. The molecule has 1 rings (SSSR count). The van der Waals surface area contributed by atoms with Crippen LogP contribution in [0.25, 0.3) is 0 Å². The molecular weight excluding hydrogens is 226 g/mol. The second kappa shape index (κ2) is 7.38. The summed E-state index contributed by atoms with van der Waals surface area (Å²) in [6.07, 6.45) is 4.15. The highest BCUT2D eigenvalue weighted by Crippen LogP contribution is 2.28. The summed E-state index contributed by atoms with van der Waals surface area (Å²) in [5, 5.41) is 8.64. The van der Waals surface area contributed by atoms with Crippen LogP contribution in [0, 0.1) is 23.2 Å². The summed E-state index contributed by atoms with van der Waals surface area (Å²) in [4.78, 5) is 14.1. The fourth-order valence-electron chi connectivity index (χ4n) is 2.36. The van der Waals surface area contributed by atoms with Gasteiger partial charge in [0.2, 0.25) is 5.91 Å². The molecule has 4 nitrogen and oxygen atoms in total. The summed E-state index contributed by atoms with van der Waals surface area (Å²) in [6.45, 7) is 5.46. The quantitative estimate of drug-likeness (QED) is 0.716. The third-order valence-electron chi connectivity index (χ3n) is 3.37. The lowest BCUT2D eigenvalue weighted by Crippen LogP contribution is -2.36. The fraction of sp³-hybridized carbons (Fsp3) is 0.857. The van der Waals surface area contributed by atoms with E-state index in [-0.39, 0.29) is 11.8 Å². The summed E-state index contributed by atoms with van der Waals surface area (Å²) in [5.74, 6) is 1.03. The maximum absolute atomic E-state index is 12.2. The first-order valence-corrected chi connectivity index (χ1v) is 6.95. The van der Waals surface area contributed by atoms with Gasteiger partial charge in [-0.3, -0.25) is 4.79 Å². The predicted octanol–water partition coefficient (Wildman–Crippen LogP) is 1.90. The molecule has 1 saturated carbocycles. The van der Waals surface area contributed by atoms with Crippen molar-refractivity contribution in [3.05, 3.63) is 0 Å². The zero-order valence-electron chi connectivity index (χ0n) is 11.6. The molecule has 1 unspecified atom stereocenters. The Balaban J connectivity index is 2.46. The minimum absolute atomic E-state index is 0.184. The van der Waals surface area contributed by atoms with Gasteiger partial charge in [-0.2, -0.15) is 5.26 Å². The minimum atomic E-state index is 0.184. The molecule has 1 amide bonds. The van der Waals surface area contributed by atoms with Crippen molar-refractivity contribution in [2.75, 3.05) is 13.1 Å². The molecule has 1 aliphatic rings. The first-order valence-electron chi connectivity index (χ1n) is 6.95. The summed E-state index contributed by atoms with van der Waals surface area (Å²) < 4.78 is 0. The lowest BCUT2D eigenvalue weighted by molar-refractivity contribution is -0.132. The van der Waals surface area contributed by atoms with Crippen LogP contribution >= 0.6 is 0 Å². The van der Waals surface area contributed by atoms with E-state index < -0.39 is 0 Å². The average molecular weight is 251 g/mol. The van der Waals surface area contributed by atoms with Gasteiger partial charge in [-0.15, -0.1) is 0 Å². The Labute approximate surface area is 110 Å². The summed E-state index contributed by atoms with van der Waals surface area (Å²) >= 11 is 0. The highest BCUT2D eigenvalue weighted by atomic mass is 16.2. The van der Waals surface area contributed by atoms with Crippen molar-refractivity contribution < 1.29 is 4.79 Å². The van der Waals surface area contributed by atoms with Crippen molar-refractivity contribution in [3.63, 3.8) is 0 Å². The van der Waals surface area contributed by atoms with E-state index in [0.717, 1.165) is 19.3 Å². The highest BCUT2D eigenvalue weighted by molar-refractivity contribution is 5.77. The van der Waals surface area contributed by atoms with E-state index in [1.807, 2.05) is 4.90 Å². The molecule has 0 aromatic heterocycles. The van der Waals surface area contributed by atoms with Gasteiger partial charge in [-0.05, 0) is 37.6 Å². The maximum atomic E-state index is 12.2. The van der Waals surface area contributed by atoms with E-state index in [2.05, 4.69) is 19.9 Å². The van der Waals surface area contributed by atoms with Gasteiger partial charge < -0.3 is 10.6 Å². The van der Waals surface area contributed by atoms with Crippen molar-refractivity contribution in [1.29, 1.82) is 5.26 Å². The van der Waals surface area contributed by atoms with Gasteiger partial charge in [0.25, 0.3) is 0 Å². The molecule has 0 heterocycles. The Bertz CT molecular complexity index is 305. The van der Waals surface area contributed by atoms with E-state index >= 15 is 0 Å². The molecule has 0 aromatic carbocycles. The van der Waals surface area contributed by atoms with E-state index in [4.69, 9.17) is 11.0 Å². The number of amides is 1. The van der Waals surface area contributed by atoms with Crippen molar-refractivity contribution in [2.45, 2.75) is 52.0 Å². The van der Waals surface area contributed by atoms with Crippen LogP contribution in [0.3, 0.4) is 0 Å². The lowest BCUT2D eigenvalue weighted by Gasteiger charge is -2.24. The Morgan fingerprint density at radius 3 is 2.61 bits per heavy atom. The fourth-order valence-corrected chi connectivity index (χ4v) is 2.36. The first kappa shape index (κ1) is 15.0. The highest BCUT2D eigenvalue weighted by Gasteiger charge is 2.32. The van der Waals surface area contributed by atoms with E-state index in [1.54, 1.807) is 0 Å². The van der Waals surface area contributed by atoms with Crippen LogP contribution < -0.4 is 5.73 Å². The lowest BCUT2D eigenvalue weighted by atomic mass is 9.93. The Kier molecular flexibility index (Phi) is 6.14. The normalized spacial score (nSPS) is 16.4. The van der Waals surface area contributed by atoms with Gasteiger partial charge >= 0.3 is 0 Å². The van der Waals surface area contributed by atoms with Gasteiger partial charge in [0.05, 0.1) is 12.5 Å². The minimum Gasteiger partial charge on any atom is -0.339 e. The summed E-state index contributed by atoms with van der Waals surface area (Å²) in [5.41, 5.74) is 5.74. The predicted molar refractivity (Wildman–Crippen MR) is 71.6 cm³/mol. The molecule has 0 aromatic rings. The Hall–Kier alpha value is -1.08. The third kappa shape index (κ3) is 5.05. The number of nitrogens with zero attached hydrogens (tertiary/aromatic N) is 2. The van der Waals surface area contributed by atoms with Crippen LogP contribution in [-0.4, -0.2) is 29.9 Å². The molecule has 1 aliphatic carbocycles. The zero-order valence-corrected chi connectivity index (χ0v) is 11.6. The van der Waals surface area contributed by atoms with Crippen LogP contribution in [0.5, 0.6) is 0 Å². The number of carbonyl (C=O) groups excluding carboxylic acids is 1. The molecule has 2 N–H and O–H groups in total. The van der Waals surface area contributed by atoms with Crippen molar-refractivity contribution in [3.8, 4) is 6.07 Å². The van der Waals surface area contributed by atoms with E-state index in [0.29, 0.717) is 37.9 Å². The van der Waals surface area contributed by atoms with Crippen LogP contribution in [0.15, 0.2) is 0 Å². The first-order chi connectivity index (χ1) is 8.58. The van der Waals surface area contributed by atoms with Crippen molar-refractivity contribution in [2.24, 2.45) is 17.6 Å². The number of nitriles is 1. The Morgan fingerprint density at radius 2 is 2.17 bits per heavy atom. The van der Waals surface area contributed by atoms with Crippen molar-refractivity contribution >= 4 is 5.91 Å². The number of nitrogens with two attached hydrogens (primary N) is 1. The summed E-state index contributed by atoms with van der Waals surface area (Å²) in [7, 11) is 0. The van der Waals surface area contributed by atoms with Crippen LogP contribution in [0.1, 0.15) is 46.0 Å². The number of hydrogen-bond donors (Lipinski definition) is 1. The SMILES string of the molecule is CC(C)CC(CN)CC(=O)N(CCC#N)C1CC1. The number of rotatable bonds is 8. The molecule has 1 fully saturated rings. The summed E-state index contributed by atoms with van der Waals surface area (Å²) in [6, 6.07) is 2.51. The van der Waals surface area contributed by atoms with E-state index in [1.165, 1.54) is 0 Å². The van der Waals surface area contributed by atoms with Gasteiger partial charge in [0.15, 0.2) is 0 Å². The number of carbonyl (C=O) groups is 1. The molecule has 0 aliphatic heterocycles. The van der Waals surface area contributed by atoms with Gasteiger partial charge in [-0.1, -0.05) is 13.8 Å². The molecule has 4 heteroatoms. The zero-order chi connectivity index (χ0) is 13.5. The molecule has 0 spiro atoms. The van der Waals surface area contributed by atoms with Gasteiger partial charge in [-0.25, -0.2) is 0 Å². The third-order valence-corrected chi connectivity index (χ3v) is 3.37. The Morgan fingerprint density at radius 1 is 1.50 bits per heavy atom. The monoisotopic (exact) mass is 251 g/mol. The number of hydrogen-bond acceptors (Lipinski definition) is 3. The van der Waals surface area contributed by atoms with Gasteiger partial charge in [0.1, 0.15) is 0 Å². The van der Waals surface area contributed by atoms with Crippen molar-refractivity contribution in [1.82, 2.24) is 4.90 Å². The molecule has 102 valence electrons. The van der Waals surface area contributed by atoms with Crippen LogP contribution in [0.4, 0.5) is 0 Å². The van der Waals surface area contributed by atoms with Gasteiger partial charge in [0, 0.05) is 19.0 Å². The van der Waals surface area contributed by atoms with Crippen LogP contribution in [0.2, 0.25) is 0 Å². The molecule has 0 radical (unpaired) electrons. The standard InChI is InChI=1S/C14H25N3O/c1-11(2)8-12(10-16)9-14(18)17(7-3-6-15)13-4-5-13/h11-13H,3-5,7-10,16H2,1-2H3. The largest absolute Gasteiger partial charge is 0.339 e. The van der Waals surface area contributed by atoms with E-state index in [9.17, 15) is 4.79 Å². The molecule has 0 saturated heterocycles. The molecular formula is C14H25N3O. The average Bonchev–Trinajstić information content (AvgIpc) is 3.12. The smallest absolute Gasteiger partial charge is 0.223 e. The van der Waals surface area contributed by atoms with Crippen LogP contribution in [-0.2, 0) is 4.79 Å². The maximum Gasteiger partial charge on any atom is 0.223 e.